The molecule has 0 unspecified atom stereocenters. The van der Waals surface area contributed by atoms with Crippen molar-refractivity contribution in [2.75, 3.05) is 13.2 Å². The summed E-state index contributed by atoms with van der Waals surface area (Å²) in [5.41, 5.74) is 3.04. The first kappa shape index (κ1) is 11.4. The van der Waals surface area contributed by atoms with Crippen LogP contribution in [0.5, 0.6) is 0 Å². The highest BCUT2D eigenvalue weighted by atomic mass is 16.7. The zero-order valence-corrected chi connectivity index (χ0v) is 7.97. The number of nitrogens with one attached hydrogen (secondary N) is 1. The SMILES string of the molecule is O=Cc1ccc(C(=O)NOCCO)cc1. The Labute approximate surface area is 86.6 Å². The largest absolute Gasteiger partial charge is 0.394 e. The monoisotopic (exact) mass is 209 g/mol. The second-order valence-electron chi connectivity index (χ2n) is 2.74. The van der Waals surface area contributed by atoms with Crippen molar-refractivity contribution in [2.45, 2.75) is 0 Å². The quantitative estimate of drug-likeness (QED) is 0.411. The fourth-order valence-electron chi connectivity index (χ4n) is 0.934. The van der Waals surface area contributed by atoms with Gasteiger partial charge in [0.05, 0.1) is 13.2 Å². The Kier molecular flexibility index (Phi) is 4.46. The van der Waals surface area contributed by atoms with Crippen molar-refractivity contribution in [1.82, 2.24) is 5.48 Å². The normalized spacial score (nSPS) is 9.67. The summed E-state index contributed by atoms with van der Waals surface area (Å²) >= 11 is 0. The summed E-state index contributed by atoms with van der Waals surface area (Å²) < 4.78 is 0. The molecule has 0 aliphatic carbocycles. The third-order valence-electron chi connectivity index (χ3n) is 1.67. The van der Waals surface area contributed by atoms with Crippen molar-refractivity contribution >= 4 is 12.2 Å². The first-order valence-electron chi connectivity index (χ1n) is 4.36. The second kappa shape index (κ2) is 5.90. The van der Waals surface area contributed by atoms with E-state index in [0.29, 0.717) is 17.4 Å². The molecule has 1 aromatic carbocycles. The summed E-state index contributed by atoms with van der Waals surface area (Å²) in [6.45, 7) is -0.122. The molecule has 1 amide bonds. The van der Waals surface area contributed by atoms with Crippen molar-refractivity contribution in [3.05, 3.63) is 35.4 Å². The van der Waals surface area contributed by atoms with Gasteiger partial charge in [0.15, 0.2) is 0 Å². The van der Waals surface area contributed by atoms with Crippen LogP contribution in [0.25, 0.3) is 0 Å². The molecule has 1 aromatic rings. The summed E-state index contributed by atoms with van der Waals surface area (Å²) in [6.07, 6.45) is 0.698. The molecule has 15 heavy (non-hydrogen) atoms. The molecule has 0 aliphatic heterocycles. The Balaban J connectivity index is 2.54. The van der Waals surface area contributed by atoms with Gasteiger partial charge in [-0.25, -0.2) is 5.48 Å². The number of carbonyl (C=O) groups excluding carboxylic acids is 2. The number of rotatable bonds is 5. The molecule has 0 saturated heterocycles. The van der Waals surface area contributed by atoms with E-state index in [-0.39, 0.29) is 13.2 Å². The highest BCUT2D eigenvalue weighted by molar-refractivity contribution is 5.94. The molecule has 0 atom stereocenters. The van der Waals surface area contributed by atoms with Crippen molar-refractivity contribution in [1.29, 1.82) is 0 Å². The van der Waals surface area contributed by atoms with Crippen LogP contribution in [0, 0.1) is 0 Å². The van der Waals surface area contributed by atoms with Gasteiger partial charge in [0.2, 0.25) is 0 Å². The van der Waals surface area contributed by atoms with E-state index in [1.807, 2.05) is 0 Å². The maximum atomic E-state index is 11.3. The number of carbonyl (C=O) groups is 2. The summed E-state index contributed by atoms with van der Waals surface area (Å²) in [6, 6.07) is 6.10. The Morgan fingerprint density at radius 2 is 2.07 bits per heavy atom. The maximum Gasteiger partial charge on any atom is 0.274 e. The lowest BCUT2D eigenvalue weighted by atomic mass is 10.1. The summed E-state index contributed by atoms with van der Waals surface area (Å²) in [7, 11) is 0. The van der Waals surface area contributed by atoms with E-state index < -0.39 is 5.91 Å². The van der Waals surface area contributed by atoms with Crippen molar-refractivity contribution < 1.29 is 19.5 Å². The molecule has 0 aromatic heterocycles. The van der Waals surface area contributed by atoms with Gasteiger partial charge >= 0.3 is 0 Å². The average molecular weight is 209 g/mol. The molecular weight excluding hydrogens is 198 g/mol. The van der Waals surface area contributed by atoms with Gasteiger partial charge in [0.1, 0.15) is 6.29 Å². The van der Waals surface area contributed by atoms with Crippen LogP contribution in [-0.2, 0) is 4.84 Å². The van der Waals surface area contributed by atoms with Crippen LogP contribution in [0.2, 0.25) is 0 Å². The van der Waals surface area contributed by atoms with Gasteiger partial charge < -0.3 is 5.11 Å². The van der Waals surface area contributed by atoms with Gasteiger partial charge in [-0.15, -0.1) is 0 Å². The van der Waals surface area contributed by atoms with Crippen molar-refractivity contribution in [2.24, 2.45) is 0 Å². The number of aliphatic hydroxyl groups excluding tert-OH is 1. The number of hydrogen-bond donors (Lipinski definition) is 2. The van der Waals surface area contributed by atoms with Gasteiger partial charge in [-0.1, -0.05) is 12.1 Å². The van der Waals surface area contributed by atoms with Gasteiger partial charge in [-0.2, -0.15) is 0 Å². The van der Waals surface area contributed by atoms with E-state index >= 15 is 0 Å². The van der Waals surface area contributed by atoms with E-state index in [2.05, 4.69) is 10.3 Å². The van der Waals surface area contributed by atoms with Gasteiger partial charge in [0.25, 0.3) is 5.91 Å². The van der Waals surface area contributed by atoms with E-state index in [9.17, 15) is 9.59 Å². The zero-order valence-electron chi connectivity index (χ0n) is 7.97. The van der Waals surface area contributed by atoms with Crippen LogP contribution < -0.4 is 5.48 Å². The predicted molar refractivity (Wildman–Crippen MR) is 52.3 cm³/mol. The summed E-state index contributed by atoms with van der Waals surface area (Å²) in [5.74, 6) is -0.416. The molecule has 0 aliphatic rings. The second-order valence-corrected chi connectivity index (χ2v) is 2.74. The Hall–Kier alpha value is -1.72. The molecule has 0 radical (unpaired) electrons. The number of hydrogen-bond acceptors (Lipinski definition) is 4. The Morgan fingerprint density at radius 3 is 2.60 bits per heavy atom. The molecular formula is C10H11NO4. The summed E-state index contributed by atoms with van der Waals surface area (Å²) in [4.78, 5) is 26.3. The highest BCUT2D eigenvalue weighted by Crippen LogP contribution is 2.02. The molecule has 0 heterocycles. The van der Waals surface area contributed by atoms with E-state index in [1.54, 1.807) is 0 Å². The first-order chi connectivity index (χ1) is 7.27. The minimum Gasteiger partial charge on any atom is -0.394 e. The van der Waals surface area contributed by atoms with Gasteiger partial charge in [-0.05, 0) is 12.1 Å². The van der Waals surface area contributed by atoms with Crippen LogP contribution >= 0.6 is 0 Å². The Bertz CT molecular complexity index is 334. The standard InChI is InChI=1S/C10H11NO4/c12-5-6-15-11-10(14)9-3-1-8(7-13)2-4-9/h1-4,7,12H,5-6H2,(H,11,14). The number of hydroxylamine groups is 1. The first-order valence-corrected chi connectivity index (χ1v) is 4.36. The fourth-order valence-corrected chi connectivity index (χ4v) is 0.934. The molecule has 1 rings (SSSR count). The smallest absolute Gasteiger partial charge is 0.274 e. The average Bonchev–Trinajstić information content (AvgIpc) is 2.29. The Morgan fingerprint density at radius 1 is 1.40 bits per heavy atom. The van der Waals surface area contributed by atoms with Crippen LogP contribution in [0.15, 0.2) is 24.3 Å². The molecule has 2 N–H and O–H groups in total. The van der Waals surface area contributed by atoms with E-state index in [0.717, 1.165) is 0 Å². The highest BCUT2D eigenvalue weighted by Gasteiger charge is 2.04. The third-order valence-corrected chi connectivity index (χ3v) is 1.67. The molecule has 0 saturated carbocycles. The maximum absolute atomic E-state index is 11.3. The molecule has 0 bridgehead atoms. The van der Waals surface area contributed by atoms with Crippen molar-refractivity contribution in [3.63, 3.8) is 0 Å². The molecule has 0 spiro atoms. The molecule has 5 heteroatoms. The predicted octanol–water partition coefficient (Wildman–Crippen LogP) is 0.153. The molecule has 80 valence electrons. The lowest BCUT2D eigenvalue weighted by molar-refractivity contribution is 0.0168. The lowest BCUT2D eigenvalue weighted by Crippen LogP contribution is -2.25. The van der Waals surface area contributed by atoms with Gasteiger partial charge in [0, 0.05) is 11.1 Å². The minimum absolute atomic E-state index is 0.0398. The zero-order chi connectivity index (χ0) is 11.1. The number of amides is 1. The fraction of sp³-hybridized carbons (Fsp3) is 0.200. The number of aliphatic hydroxyl groups is 1. The number of benzene rings is 1. The van der Waals surface area contributed by atoms with Crippen LogP contribution in [0.4, 0.5) is 0 Å². The van der Waals surface area contributed by atoms with Crippen LogP contribution in [0.1, 0.15) is 20.7 Å². The van der Waals surface area contributed by atoms with E-state index in [4.69, 9.17) is 5.11 Å². The van der Waals surface area contributed by atoms with E-state index in [1.165, 1.54) is 24.3 Å². The number of aldehydes is 1. The van der Waals surface area contributed by atoms with Crippen LogP contribution in [0.3, 0.4) is 0 Å². The molecule has 0 fully saturated rings. The van der Waals surface area contributed by atoms with Gasteiger partial charge in [-0.3, -0.25) is 14.4 Å². The summed E-state index contributed by atoms with van der Waals surface area (Å²) in [5, 5.41) is 8.40. The van der Waals surface area contributed by atoms with Crippen molar-refractivity contribution in [3.8, 4) is 0 Å². The van der Waals surface area contributed by atoms with Crippen LogP contribution in [-0.4, -0.2) is 30.5 Å². The lowest BCUT2D eigenvalue weighted by Gasteiger charge is -2.04. The molecule has 5 nitrogen and oxygen atoms in total. The minimum atomic E-state index is -0.416. The topological polar surface area (TPSA) is 75.6 Å². The third kappa shape index (κ3) is 3.49.